The quantitative estimate of drug-likeness (QED) is 0.0504. The van der Waals surface area contributed by atoms with Crippen molar-refractivity contribution in [2.24, 2.45) is 11.8 Å². The Balaban J connectivity index is 0.827. The number of fused-ring (bicyclic) bond motifs is 4. The van der Waals surface area contributed by atoms with Crippen molar-refractivity contribution in [1.82, 2.24) is 40.4 Å². The molecule has 4 fully saturated rings. The Morgan fingerprint density at radius 2 is 1.01 bits per heavy atom. The molecule has 6 aliphatic carbocycles. The molecule has 0 unspecified atom stereocenters. The van der Waals surface area contributed by atoms with Gasteiger partial charge in [-0.1, -0.05) is 101 Å². The zero-order chi connectivity index (χ0) is 55.6. The van der Waals surface area contributed by atoms with Crippen molar-refractivity contribution < 1.29 is 38.9 Å². The molecule has 8 aliphatic rings. The van der Waals surface area contributed by atoms with Crippen molar-refractivity contribution in [3.63, 3.8) is 0 Å². The number of alkyl carbamates (subject to hydrolysis) is 2. The van der Waals surface area contributed by atoms with E-state index in [0.717, 1.165) is 160 Å². The SMILES string of the molecule is CCCCOC(=O)N[C@H](C(=O)N1[C@H](c2nc3cc(-c4cc5ccc4CCc4ccc(c(-c6ccc7[nH]c([C@@H]8C[C@@H]9CCCC[C@@H]9N8C(=O)[C@@H](NC(=O)OCCCC)[C@@H](C)O)nc7c6)c4)CC5)ccc3[nH]2)C[C@@H]2CCCC[C@@H]21)[C@@H](C)O. The van der Waals surface area contributed by atoms with E-state index in [1.54, 1.807) is 0 Å². The number of H-pyrrole nitrogens is 2. The Kier molecular flexibility index (Phi) is 16.6. The highest BCUT2D eigenvalue weighted by atomic mass is 16.6. The summed E-state index contributed by atoms with van der Waals surface area (Å²) in [4.78, 5) is 76.2. The van der Waals surface area contributed by atoms with Crippen LogP contribution in [-0.4, -0.2) is 114 Å². The number of amides is 4. The first-order chi connectivity index (χ1) is 38.8. The van der Waals surface area contributed by atoms with E-state index in [0.29, 0.717) is 11.8 Å². The molecule has 80 heavy (non-hydrogen) atoms. The van der Waals surface area contributed by atoms with E-state index in [1.807, 2.05) is 23.6 Å². The number of hydrogen-bond donors (Lipinski definition) is 6. The number of aliphatic hydroxyl groups excluding tert-OH is 2. The van der Waals surface area contributed by atoms with Crippen molar-refractivity contribution in [2.75, 3.05) is 13.2 Å². The van der Waals surface area contributed by atoms with Gasteiger partial charge >= 0.3 is 12.2 Å². The molecule has 0 radical (unpaired) electrons. The number of nitrogens with zero attached hydrogens (tertiary/aromatic N) is 4. The number of imidazole rings is 2. The first kappa shape index (κ1) is 55.1. The fourth-order valence-electron chi connectivity index (χ4n) is 13.9. The van der Waals surface area contributed by atoms with Crippen LogP contribution < -0.4 is 10.6 Å². The van der Waals surface area contributed by atoms with Crippen LogP contribution in [0.3, 0.4) is 0 Å². The first-order valence-electron chi connectivity index (χ1n) is 30.0. The summed E-state index contributed by atoms with van der Waals surface area (Å²) >= 11 is 0. The lowest BCUT2D eigenvalue weighted by atomic mass is 9.84. The number of likely N-dealkylation sites (tertiary alicyclic amines) is 2. The molecular weight excluding hydrogens is 1010 g/mol. The number of aryl methyl sites for hydroxylation is 4. The Hall–Kier alpha value is -6.78. The molecule has 2 aromatic heterocycles. The van der Waals surface area contributed by atoms with Gasteiger partial charge in [0, 0.05) is 12.1 Å². The minimum Gasteiger partial charge on any atom is -0.450 e. The van der Waals surface area contributed by atoms with E-state index < -0.39 is 36.5 Å². The molecule has 6 N–H and O–H groups in total. The maximum Gasteiger partial charge on any atom is 0.407 e. The molecular formula is C64H80N8O8. The normalized spacial score (nSPS) is 23.2. The number of aliphatic hydroxyl groups is 2. The standard InChI is InChI=1S/C64H80N8O8/c1-5-7-29-79-63(77)69-57(37(3)73)61(75)71-53-15-11-9-13-45(53)35-55(71)59-65-49-27-25-43(33-51(49)67-59)47-31-39-17-21-41(47)23-19-40-18-22-42(24-20-39)48(32-40)44-26-28-50-52(34-44)68-60(66-50)56-36-46-14-10-12-16-54(46)72(56)62(76)58(38(4)74)70-64(78)80-30-8-6-2/h17-18,21-22,25-28,31-34,37-38,45-46,53-58,73-74H,5-16,19-20,23-24,29-30,35-36H2,1-4H3,(H,65,67)(H,66,68)(H,69,77)(H,70,78)/t37-,38-,45+,46+,53+,54+,55+,56+,57+,58+/m1/s1. The maximum atomic E-state index is 14.6. The smallest absolute Gasteiger partial charge is 0.407 e. The van der Waals surface area contributed by atoms with Crippen LogP contribution in [0.4, 0.5) is 9.59 Å². The monoisotopic (exact) mass is 1090 g/mol. The van der Waals surface area contributed by atoms with E-state index in [-0.39, 0.29) is 49.2 Å². The van der Waals surface area contributed by atoms with Gasteiger partial charge in [-0.2, -0.15) is 0 Å². The molecule has 14 rings (SSSR count). The molecule has 10 atom stereocenters. The summed E-state index contributed by atoms with van der Waals surface area (Å²) in [6.07, 6.45) is 12.5. The van der Waals surface area contributed by atoms with Gasteiger partial charge in [0.2, 0.25) is 11.8 Å². The van der Waals surface area contributed by atoms with E-state index >= 15 is 0 Å². The van der Waals surface area contributed by atoms with Gasteiger partial charge in [-0.3, -0.25) is 9.59 Å². The number of benzene rings is 4. The largest absolute Gasteiger partial charge is 0.450 e. The van der Waals surface area contributed by atoms with E-state index in [9.17, 15) is 29.4 Å². The average Bonchev–Trinajstić information content (AvgIpc) is 4.37. The zero-order valence-corrected chi connectivity index (χ0v) is 47.0. The predicted octanol–water partition coefficient (Wildman–Crippen LogP) is 10.9. The highest BCUT2D eigenvalue weighted by molar-refractivity contribution is 5.89. The van der Waals surface area contributed by atoms with Crippen molar-refractivity contribution >= 4 is 46.1 Å². The van der Waals surface area contributed by atoms with Crippen molar-refractivity contribution in [1.29, 1.82) is 0 Å². The van der Waals surface area contributed by atoms with Gasteiger partial charge in [0.1, 0.15) is 23.7 Å². The molecule has 2 aliphatic heterocycles. The van der Waals surface area contributed by atoms with Crippen molar-refractivity contribution in [2.45, 2.75) is 192 Å². The minimum absolute atomic E-state index is 0.00396. The summed E-state index contributed by atoms with van der Waals surface area (Å²) in [6, 6.07) is 23.7. The Bertz CT molecular complexity index is 3010. The third-order valence-corrected chi connectivity index (χ3v) is 18.2. The fourth-order valence-corrected chi connectivity index (χ4v) is 13.9. The van der Waals surface area contributed by atoms with Crippen LogP contribution in [0.2, 0.25) is 0 Å². The molecule has 0 spiro atoms. The van der Waals surface area contributed by atoms with Crippen LogP contribution in [0.5, 0.6) is 0 Å². The van der Waals surface area contributed by atoms with Gasteiger partial charge in [-0.15, -0.1) is 0 Å². The molecule has 6 aromatic rings. The van der Waals surface area contributed by atoms with Crippen LogP contribution in [-0.2, 0) is 44.7 Å². The third kappa shape index (κ3) is 11.4. The number of nitrogens with one attached hydrogen (secondary N) is 4. The second-order valence-electron chi connectivity index (χ2n) is 23.6. The van der Waals surface area contributed by atoms with E-state index in [2.05, 4.69) is 93.4 Å². The summed E-state index contributed by atoms with van der Waals surface area (Å²) in [5, 5.41) is 27.2. The molecule has 16 heteroatoms. The molecule has 424 valence electrons. The Morgan fingerprint density at radius 1 is 0.588 bits per heavy atom. The first-order valence-corrected chi connectivity index (χ1v) is 30.0. The Morgan fingerprint density at radius 3 is 1.43 bits per heavy atom. The molecule has 2 saturated carbocycles. The van der Waals surface area contributed by atoms with Gasteiger partial charge in [-0.25, -0.2) is 19.6 Å². The number of unbranched alkanes of at least 4 members (excludes halogenated alkanes) is 2. The fraction of sp³-hybridized carbons (Fsp3) is 0.531. The van der Waals surface area contributed by atoms with Crippen LogP contribution >= 0.6 is 0 Å². The topological polar surface area (TPSA) is 215 Å². The predicted molar refractivity (Wildman–Crippen MR) is 307 cm³/mol. The number of ether oxygens (including phenoxy) is 2. The highest BCUT2D eigenvalue weighted by Crippen LogP contribution is 2.48. The van der Waals surface area contributed by atoms with Crippen molar-refractivity contribution in [3.05, 3.63) is 107 Å². The summed E-state index contributed by atoms with van der Waals surface area (Å²) in [7, 11) is 0. The molecule has 4 amide bonds. The van der Waals surface area contributed by atoms with E-state index in [1.165, 1.54) is 47.2 Å². The summed E-state index contributed by atoms with van der Waals surface area (Å²) in [6.45, 7) is 7.61. The maximum absolute atomic E-state index is 14.6. The average molecular weight is 1090 g/mol. The summed E-state index contributed by atoms with van der Waals surface area (Å²) in [5.41, 5.74) is 13.0. The number of rotatable bonds is 16. The third-order valence-electron chi connectivity index (χ3n) is 18.2. The number of aromatic nitrogens is 4. The number of hydrogen-bond acceptors (Lipinski definition) is 10. The van der Waals surface area contributed by atoms with Gasteiger partial charge < -0.3 is 50.1 Å². The Labute approximate surface area is 469 Å². The second kappa shape index (κ2) is 24.1. The molecule has 4 aromatic carbocycles. The second-order valence-corrected chi connectivity index (χ2v) is 23.6. The minimum atomic E-state index is -1.14. The lowest BCUT2D eigenvalue weighted by Gasteiger charge is -2.36. The van der Waals surface area contributed by atoms with Crippen molar-refractivity contribution in [3.8, 4) is 22.3 Å². The molecule has 16 nitrogen and oxygen atoms in total. The molecule has 4 heterocycles. The lowest BCUT2D eigenvalue weighted by Crippen LogP contribution is -2.56. The highest BCUT2D eigenvalue weighted by Gasteiger charge is 2.50. The van der Waals surface area contributed by atoms with Crippen LogP contribution in [0.15, 0.2) is 72.8 Å². The van der Waals surface area contributed by atoms with Crippen LogP contribution in [0.25, 0.3) is 44.3 Å². The lowest BCUT2D eigenvalue weighted by molar-refractivity contribution is -0.140. The van der Waals surface area contributed by atoms with Crippen LogP contribution in [0.1, 0.15) is 164 Å². The molecule has 4 bridgehead atoms. The van der Waals surface area contributed by atoms with Gasteiger partial charge in [0.15, 0.2) is 0 Å². The molecule has 2 saturated heterocycles. The van der Waals surface area contributed by atoms with E-state index in [4.69, 9.17) is 19.4 Å². The summed E-state index contributed by atoms with van der Waals surface area (Å²) in [5.74, 6) is 1.44. The number of aromatic amines is 2. The van der Waals surface area contributed by atoms with Crippen LogP contribution in [0, 0.1) is 11.8 Å². The number of carbonyl (C=O) groups is 4. The zero-order valence-electron chi connectivity index (χ0n) is 47.0. The van der Waals surface area contributed by atoms with Gasteiger partial charge in [0.25, 0.3) is 0 Å². The van der Waals surface area contributed by atoms with Gasteiger partial charge in [0.05, 0.1) is 59.6 Å². The van der Waals surface area contributed by atoms with Gasteiger partial charge in [-0.05, 0) is 172 Å². The summed E-state index contributed by atoms with van der Waals surface area (Å²) < 4.78 is 10.7. The number of carbonyl (C=O) groups excluding carboxylic acids is 4.